The third kappa shape index (κ3) is 8.24. The van der Waals surface area contributed by atoms with Crippen LogP contribution in [0.1, 0.15) is 0 Å². The van der Waals surface area contributed by atoms with E-state index in [1.54, 1.807) is 0 Å². The summed E-state index contributed by atoms with van der Waals surface area (Å²) in [5.74, 6) is 2.45. The average Bonchev–Trinajstić information content (AvgIpc) is 2.18. The van der Waals surface area contributed by atoms with E-state index in [2.05, 4.69) is 45.0 Å². The summed E-state index contributed by atoms with van der Waals surface area (Å²) in [5, 5.41) is 0. The molecule has 0 fully saturated rings. The molecule has 0 aliphatic carbocycles. The fraction of sp³-hybridized carbons (Fsp3) is 0.250. The molecule has 12 heavy (non-hydrogen) atoms. The van der Waals surface area contributed by atoms with Crippen LogP contribution in [0.2, 0.25) is 0 Å². The highest BCUT2D eigenvalue weighted by Crippen LogP contribution is 1.68. The molecule has 0 radical (unpaired) electrons. The van der Waals surface area contributed by atoms with Gasteiger partial charge in [-0.2, -0.15) is 4.99 Å². The molecule has 0 aromatic heterocycles. The maximum absolute atomic E-state index is 3.59. The highest BCUT2D eigenvalue weighted by atomic mass is 14.8. The maximum Gasteiger partial charge on any atom is 0.126 e. The third-order valence-electron chi connectivity index (χ3n) is 0.809. The predicted octanol–water partition coefficient (Wildman–Crippen LogP) is 0.754. The molecular weight excluding hydrogens is 152 g/mol. The van der Waals surface area contributed by atoms with Crippen LogP contribution in [0.5, 0.6) is 0 Å². The summed E-state index contributed by atoms with van der Waals surface area (Å²) in [4.78, 5) is 14.2. The van der Waals surface area contributed by atoms with Gasteiger partial charge in [0.1, 0.15) is 6.34 Å². The van der Waals surface area contributed by atoms with Gasteiger partial charge in [-0.3, -0.25) is 9.98 Å². The van der Waals surface area contributed by atoms with E-state index in [-0.39, 0.29) is 0 Å². The lowest BCUT2D eigenvalue weighted by Crippen LogP contribution is -1.80. The second-order valence-electron chi connectivity index (χ2n) is 1.67. The molecule has 0 bridgehead atoms. The summed E-state index contributed by atoms with van der Waals surface area (Å²) in [7, 11) is 0. The van der Waals surface area contributed by atoms with Crippen molar-refractivity contribution >= 4 is 25.6 Å². The van der Waals surface area contributed by atoms with Crippen LogP contribution < -0.4 is 0 Å². The van der Waals surface area contributed by atoms with Crippen LogP contribution in [0, 0.1) is 0 Å². The molecular formula is C8H10N4. The van der Waals surface area contributed by atoms with Gasteiger partial charge in [-0.05, 0) is 19.2 Å². The van der Waals surface area contributed by atoms with Crippen LogP contribution in [-0.4, -0.2) is 38.7 Å². The van der Waals surface area contributed by atoms with Crippen molar-refractivity contribution in [3.05, 3.63) is 11.9 Å². The summed E-state index contributed by atoms with van der Waals surface area (Å²) in [6.07, 6.45) is 2.92. The fourth-order valence-corrected chi connectivity index (χ4v) is 0.340. The van der Waals surface area contributed by atoms with Crippen LogP contribution in [0.4, 0.5) is 0 Å². The largest absolute Gasteiger partial charge is 0.299 e. The molecule has 62 valence electrons. The molecule has 1 aliphatic rings. The highest BCUT2D eigenvalue weighted by molar-refractivity contribution is 5.71. The van der Waals surface area contributed by atoms with E-state index in [0.717, 1.165) is 0 Å². The van der Waals surface area contributed by atoms with Crippen molar-refractivity contribution in [2.75, 3.05) is 13.1 Å². The fourth-order valence-electron chi connectivity index (χ4n) is 0.340. The van der Waals surface area contributed by atoms with Gasteiger partial charge < -0.3 is 0 Å². The topological polar surface area (TPSA) is 49.4 Å². The first-order valence-electron chi connectivity index (χ1n) is 3.30. The minimum Gasteiger partial charge on any atom is -0.299 e. The SMILES string of the molecule is C1=C=NC=NC=1.C=NCCN=C. The molecule has 1 rings (SSSR count). The van der Waals surface area contributed by atoms with Crippen molar-refractivity contribution in [1.29, 1.82) is 0 Å². The molecule has 0 spiro atoms. The quantitative estimate of drug-likeness (QED) is 0.334. The third-order valence-corrected chi connectivity index (χ3v) is 0.809. The van der Waals surface area contributed by atoms with Gasteiger partial charge in [0, 0.05) is 5.87 Å². The molecule has 0 saturated heterocycles. The Balaban J connectivity index is 0.000000202. The summed E-state index contributed by atoms with van der Waals surface area (Å²) in [6, 6.07) is 0. The van der Waals surface area contributed by atoms with Crippen LogP contribution in [0.3, 0.4) is 0 Å². The standard InChI is InChI=1S/C4H2N2.C4H8N2/c1-2-5-4-6-3-1;1-5-3-4-6-2/h2,4H;1-4H2. The van der Waals surface area contributed by atoms with Gasteiger partial charge in [0.15, 0.2) is 0 Å². The van der Waals surface area contributed by atoms with Gasteiger partial charge in [0.25, 0.3) is 0 Å². The van der Waals surface area contributed by atoms with Gasteiger partial charge in [-0.25, -0.2) is 4.99 Å². The van der Waals surface area contributed by atoms with Crippen LogP contribution in [0.15, 0.2) is 31.9 Å². The monoisotopic (exact) mass is 162 g/mol. The minimum atomic E-state index is 0.698. The first-order chi connectivity index (χ1) is 5.91. The van der Waals surface area contributed by atoms with Gasteiger partial charge >= 0.3 is 0 Å². The number of aliphatic imine (C=N–C) groups is 4. The second-order valence-corrected chi connectivity index (χ2v) is 1.67. The zero-order chi connectivity index (χ0) is 9.07. The van der Waals surface area contributed by atoms with E-state index in [4.69, 9.17) is 0 Å². The molecule has 1 heterocycles. The minimum absolute atomic E-state index is 0.698. The molecule has 0 aromatic carbocycles. The lowest BCUT2D eigenvalue weighted by atomic mass is 10.7. The zero-order valence-corrected chi connectivity index (χ0v) is 6.77. The Kier molecular flexibility index (Phi) is 7.88. The average molecular weight is 162 g/mol. The first kappa shape index (κ1) is 10.2. The van der Waals surface area contributed by atoms with Gasteiger partial charge in [0.05, 0.1) is 19.3 Å². The molecule has 0 N–H and O–H groups in total. The normalized spacial score (nSPS) is 10.3. The summed E-state index contributed by atoms with van der Waals surface area (Å²) < 4.78 is 0. The van der Waals surface area contributed by atoms with E-state index >= 15 is 0 Å². The number of nitrogens with zero attached hydrogens (tertiary/aromatic N) is 4. The number of rotatable bonds is 3. The summed E-state index contributed by atoms with van der Waals surface area (Å²) >= 11 is 0. The molecule has 0 atom stereocenters. The zero-order valence-electron chi connectivity index (χ0n) is 6.77. The Bertz CT molecular complexity index is 226. The van der Waals surface area contributed by atoms with Crippen molar-refractivity contribution in [3.63, 3.8) is 0 Å². The second kappa shape index (κ2) is 9.24. The lowest BCUT2D eigenvalue weighted by molar-refractivity contribution is 0.992. The van der Waals surface area contributed by atoms with Crippen molar-refractivity contribution < 1.29 is 0 Å². The number of hydrogen-bond donors (Lipinski definition) is 0. The molecule has 4 nitrogen and oxygen atoms in total. The molecule has 1 aliphatic heterocycles. The summed E-state index contributed by atoms with van der Waals surface area (Å²) in [5.41, 5.74) is 2.55. The Hall–Kier alpha value is -1.76. The Morgan fingerprint density at radius 1 is 1.25 bits per heavy atom. The Morgan fingerprint density at radius 3 is 2.08 bits per heavy atom. The molecule has 4 heteroatoms. The van der Waals surface area contributed by atoms with E-state index in [0.29, 0.717) is 13.1 Å². The van der Waals surface area contributed by atoms with E-state index < -0.39 is 0 Å². The van der Waals surface area contributed by atoms with E-state index in [1.165, 1.54) is 12.5 Å². The van der Waals surface area contributed by atoms with E-state index in [9.17, 15) is 0 Å². The van der Waals surface area contributed by atoms with Crippen LogP contribution in [0.25, 0.3) is 0 Å². The Morgan fingerprint density at radius 2 is 1.92 bits per heavy atom. The van der Waals surface area contributed by atoms with Crippen LogP contribution >= 0.6 is 0 Å². The van der Waals surface area contributed by atoms with E-state index in [1.807, 2.05) is 0 Å². The highest BCUT2D eigenvalue weighted by Gasteiger charge is 1.66. The Labute approximate surface area is 71.5 Å². The maximum atomic E-state index is 3.59. The van der Waals surface area contributed by atoms with Crippen molar-refractivity contribution in [1.82, 2.24) is 0 Å². The first-order valence-corrected chi connectivity index (χ1v) is 3.30. The van der Waals surface area contributed by atoms with Crippen molar-refractivity contribution in [3.8, 4) is 0 Å². The van der Waals surface area contributed by atoms with Crippen LogP contribution in [-0.2, 0) is 0 Å². The number of hydrogen-bond acceptors (Lipinski definition) is 4. The molecule has 0 amide bonds. The van der Waals surface area contributed by atoms with Gasteiger partial charge in [0.2, 0.25) is 0 Å². The molecule has 0 saturated carbocycles. The van der Waals surface area contributed by atoms with Gasteiger partial charge in [-0.15, -0.1) is 0 Å². The van der Waals surface area contributed by atoms with Crippen molar-refractivity contribution in [2.45, 2.75) is 0 Å². The van der Waals surface area contributed by atoms with Crippen molar-refractivity contribution in [2.24, 2.45) is 20.0 Å². The smallest absolute Gasteiger partial charge is 0.126 e. The molecule has 0 aromatic rings. The summed E-state index contributed by atoms with van der Waals surface area (Å²) in [6.45, 7) is 7.92. The molecule has 0 unspecified atom stereocenters. The predicted molar refractivity (Wildman–Crippen MR) is 52.8 cm³/mol. The lowest BCUT2D eigenvalue weighted by Gasteiger charge is -1.78. The van der Waals surface area contributed by atoms with Gasteiger partial charge in [-0.1, -0.05) is 0 Å².